The maximum Gasteiger partial charge on any atom is 0.250 e. The van der Waals surface area contributed by atoms with Crippen LogP contribution in [0.3, 0.4) is 0 Å². The van der Waals surface area contributed by atoms with E-state index in [4.69, 9.17) is 0 Å². The lowest BCUT2D eigenvalue weighted by Crippen LogP contribution is -2.35. The predicted molar refractivity (Wildman–Crippen MR) is 90.3 cm³/mol. The van der Waals surface area contributed by atoms with Gasteiger partial charge in [0.1, 0.15) is 0 Å². The van der Waals surface area contributed by atoms with Crippen LogP contribution in [0, 0.1) is 13.8 Å². The lowest BCUT2D eigenvalue weighted by molar-refractivity contribution is -0.121. The summed E-state index contributed by atoms with van der Waals surface area (Å²) in [5.41, 5.74) is 2.73. The molecule has 0 spiro atoms. The summed E-state index contributed by atoms with van der Waals surface area (Å²) in [7, 11) is 0. The number of hydrogen-bond donors (Lipinski definition) is 1. The normalized spacial score (nSPS) is 12.0. The van der Waals surface area contributed by atoms with E-state index in [-0.39, 0.29) is 23.9 Å². The van der Waals surface area contributed by atoms with Gasteiger partial charge < -0.3 is 9.88 Å². The maximum atomic E-state index is 12.1. The first-order chi connectivity index (χ1) is 11.0. The Morgan fingerprint density at radius 3 is 2.65 bits per heavy atom. The van der Waals surface area contributed by atoms with Crippen molar-refractivity contribution in [1.82, 2.24) is 14.9 Å². The molecule has 1 amide bonds. The van der Waals surface area contributed by atoms with Crippen molar-refractivity contribution < 1.29 is 4.79 Å². The number of nitrogens with one attached hydrogen (secondary N) is 1. The number of nitrogens with zero attached hydrogens (tertiary/aromatic N) is 2. The smallest absolute Gasteiger partial charge is 0.250 e. The number of carbonyl (C=O) groups is 1. The van der Waals surface area contributed by atoms with Gasteiger partial charge in [-0.15, -0.1) is 0 Å². The standard InChI is InChI=1S/C18H23N3O2/c1-13-6-4-8-16(19-13)12-14(2)20-17(22)10-11-21-15(3)7-5-9-18(21)23/h4-9,14H,10-12H2,1-3H3,(H,20,22)/t14-/m0/s1. The highest BCUT2D eigenvalue weighted by atomic mass is 16.2. The van der Waals surface area contributed by atoms with Gasteiger partial charge in [0.15, 0.2) is 0 Å². The van der Waals surface area contributed by atoms with E-state index in [9.17, 15) is 9.59 Å². The molecule has 0 radical (unpaired) electrons. The summed E-state index contributed by atoms with van der Waals surface area (Å²) in [4.78, 5) is 28.3. The lowest BCUT2D eigenvalue weighted by atomic mass is 10.1. The van der Waals surface area contributed by atoms with Gasteiger partial charge in [-0.05, 0) is 39.0 Å². The molecule has 5 heteroatoms. The second kappa shape index (κ2) is 7.72. The van der Waals surface area contributed by atoms with Crippen molar-refractivity contribution >= 4 is 5.91 Å². The summed E-state index contributed by atoms with van der Waals surface area (Å²) in [5, 5.41) is 2.96. The van der Waals surface area contributed by atoms with Gasteiger partial charge in [-0.25, -0.2) is 0 Å². The maximum absolute atomic E-state index is 12.1. The highest BCUT2D eigenvalue weighted by Crippen LogP contribution is 2.03. The van der Waals surface area contributed by atoms with E-state index < -0.39 is 0 Å². The average Bonchev–Trinajstić information content (AvgIpc) is 2.46. The Labute approximate surface area is 136 Å². The van der Waals surface area contributed by atoms with Crippen LogP contribution >= 0.6 is 0 Å². The Bertz CT molecular complexity index is 737. The third kappa shape index (κ3) is 5.06. The lowest BCUT2D eigenvalue weighted by Gasteiger charge is -2.15. The number of aryl methyl sites for hydroxylation is 2. The Morgan fingerprint density at radius 1 is 1.22 bits per heavy atom. The van der Waals surface area contributed by atoms with Crippen LogP contribution in [-0.2, 0) is 17.8 Å². The average molecular weight is 313 g/mol. The zero-order valence-electron chi connectivity index (χ0n) is 13.9. The van der Waals surface area contributed by atoms with Crippen molar-refractivity contribution in [3.05, 3.63) is 63.8 Å². The minimum Gasteiger partial charge on any atom is -0.353 e. The van der Waals surface area contributed by atoms with Gasteiger partial charge in [-0.1, -0.05) is 12.1 Å². The van der Waals surface area contributed by atoms with Crippen LogP contribution in [0.1, 0.15) is 30.4 Å². The molecule has 0 aromatic carbocycles. The number of carbonyl (C=O) groups excluding carboxylic acids is 1. The molecule has 0 saturated heterocycles. The number of pyridine rings is 2. The van der Waals surface area contributed by atoms with E-state index >= 15 is 0 Å². The van der Waals surface area contributed by atoms with Crippen molar-refractivity contribution in [3.8, 4) is 0 Å². The minimum atomic E-state index is -0.0743. The molecule has 122 valence electrons. The molecule has 0 fully saturated rings. The van der Waals surface area contributed by atoms with Gasteiger partial charge in [0.2, 0.25) is 5.91 Å². The molecule has 5 nitrogen and oxygen atoms in total. The highest BCUT2D eigenvalue weighted by Gasteiger charge is 2.10. The fourth-order valence-corrected chi connectivity index (χ4v) is 2.55. The van der Waals surface area contributed by atoms with E-state index in [1.165, 1.54) is 6.07 Å². The molecule has 0 aliphatic heterocycles. The third-order valence-corrected chi connectivity index (χ3v) is 3.70. The second-order valence-corrected chi connectivity index (χ2v) is 5.85. The molecule has 0 aliphatic rings. The Morgan fingerprint density at radius 2 is 1.96 bits per heavy atom. The molecule has 1 atom stereocenters. The summed E-state index contributed by atoms with van der Waals surface area (Å²) >= 11 is 0. The van der Waals surface area contributed by atoms with Gasteiger partial charge in [0, 0.05) is 48.6 Å². The molecule has 23 heavy (non-hydrogen) atoms. The van der Waals surface area contributed by atoms with E-state index in [1.54, 1.807) is 10.6 Å². The van der Waals surface area contributed by atoms with Gasteiger partial charge in [0.25, 0.3) is 5.56 Å². The SMILES string of the molecule is Cc1cccc(C[C@H](C)NC(=O)CCn2c(C)cccc2=O)n1. The topological polar surface area (TPSA) is 64.0 Å². The fraction of sp³-hybridized carbons (Fsp3) is 0.389. The summed E-state index contributed by atoms with van der Waals surface area (Å²) in [6.45, 7) is 6.17. The molecule has 0 saturated carbocycles. The van der Waals surface area contributed by atoms with Crippen LogP contribution in [0.15, 0.2) is 41.2 Å². The second-order valence-electron chi connectivity index (χ2n) is 5.85. The van der Waals surface area contributed by atoms with E-state index in [1.807, 2.05) is 45.0 Å². The first kappa shape index (κ1) is 16.9. The summed E-state index contributed by atoms with van der Waals surface area (Å²) < 4.78 is 1.62. The first-order valence-corrected chi connectivity index (χ1v) is 7.84. The highest BCUT2D eigenvalue weighted by molar-refractivity contribution is 5.76. The van der Waals surface area contributed by atoms with E-state index in [2.05, 4.69) is 10.3 Å². The Kier molecular flexibility index (Phi) is 5.68. The third-order valence-electron chi connectivity index (χ3n) is 3.70. The largest absolute Gasteiger partial charge is 0.353 e. The molecule has 0 aliphatic carbocycles. The first-order valence-electron chi connectivity index (χ1n) is 7.84. The van der Waals surface area contributed by atoms with Crippen LogP contribution in [0.25, 0.3) is 0 Å². The minimum absolute atomic E-state index is 0.00499. The van der Waals surface area contributed by atoms with E-state index in [0.29, 0.717) is 13.0 Å². The molecular weight excluding hydrogens is 290 g/mol. The molecular formula is C18H23N3O2. The van der Waals surface area contributed by atoms with Crippen molar-refractivity contribution in [1.29, 1.82) is 0 Å². The van der Waals surface area contributed by atoms with Gasteiger partial charge in [0.05, 0.1) is 0 Å². The zero-order valence-corrected chi connectivity index (χ0v) is 13.9. The number of rotatable bonds is 6. The van der Waals surface area contributed by atoms with Gasteiger partial charge in [-0.2, -0.15) is 0 Å². The van der Waals surface area contributed by atoms with Crippen LogP contribution in [0.5, 0.6) is 0 Å². The summed E-state index contributed by atoms with van der Waals surface area (Å²) in [6.07, 6.45) is 0.980. The van der Waals surface area contributed by atoms with Crippen LogP contribution in [-0.4, -0.2) is 21.5 Å². The van der Waals surface area contributed by atoms with Crippen molar-refractivity contribution in [2.75, 3.05) is 0 Å². The number of hydrogen-bond acceptors (Lipinski definition) is 3. The Balaban J connectivity index is 1.86. The Hall–Kier alpha value is -2.43. The molecule has 2 rings (SSSR count). The quantitative estimate of drug-likeness (QED) is 0.887. The number of aromatic nitrogens is 2. The molecule has 1 N–H and O–H groups in total. The van der Waals surface area contributed by atoms with Crippen molar-refractivity contribution in [2.45, 2.75) is 46.2 Å². The van der Waals surface area contributed by atoms with Gasteiger partial charge in [-0.3, -0.25) is 14.6 Å². The fourth-order valence-electron chi connectivity index (χ4n) is 2.55. The molecule has 2 heterocycles. The molecule has 2 aromatic rings. The predicted octanol–water partition coefficient (Wildman–Crippen LogP) is 2.00. The molecule has 0 unspecified atom stereocenters. The number of amides is 1. The molecule has 2 aromatic heterocycles. The zero-order chi connectivity index (χ0) is 16.8. The van der Waals surface area contributed by atoms with Crippen LogP contribution in [0.4, 0.5) is 0 Å². The molecule has 0 bridgehead atoms. The summed E-state index contributed by atoms with van der Waals surface area (Å²) in [5.74, 6) is -0.0553. The van der Waals surface area contributed by atoms with Crippen LogP contribution in [0.2, 0.25) is 0 Å². The van der Waals surface area contributed by atoms with E-state index in [0.717, 1.165) is 17.1 Å². The van der Waals surface area contributed by atoms with Crippen molar-refractivity contribution in [3.63, 3.8) is 0 Å². The van der Waals surface area contributed by atoms with Gasteiger partial charge >= 0.3 is 0 Å². The van der Waals surface area contributed by atoms with Crippen LogP contribution < -0.4 is 10.9 Å². The van der Waals surface area contributed by atoms with Crippen molar-refractivity contribution in [2.24, 2.45) is 0 Å². The summed E-state index contributed by atoms with van der Waals surface area (Å²) in [6, 6.07) is 11.0. The monoisotopic (exact) mass is 313 g/mol.